The summed E-state index contributed by atoms with van der Waals surface area (Å²) in [5, 5.41) is 23.1. The Morgan fingerprint density at radius 2 is 1.47 bits per heavy atom. The Labute approximate surface area is 268 Å². The SMILES string of the molecule is CC(C)C[C@@H](N)C(=O)N1CCC[C@H]1CS[C@@H](Cc1ccccc1)C(=O)N[C@@H](Cc1ccccc1)C(=O)N[C@H](CC(=O)O)C(=O)O. The summed E-state index contributed by atoms with van der Waals surface area (Å²) in [6, 6.07) is 14.9. The molecule has 0 saturated carbocycles. The van der Waals surface area contributed by atoms with Gasteiger partial charge in [0.25, 0.3) is 0 Å². The van der Waals surface area contributed by atoms with E-state index >= 15 is 0 Å². The lowest BCUT2D eigenvalue weighted by Gasteiger charge is -2.29. The second kappa shape index (κ2) is 17.6. The molecule has 3 amide bonds. The zero-order valence-corrected chi connectivity index (χ0v) is 26.6. The number of rotatable bonds is 17. The molecule has 0 aromatic heterocycles. The Balaban J connectivity index is 1.80. The monoisotopic (exact) mass is 640 g/mol. The summed E-state index contributed by atoms with van der Waals surface area (Å²) in [4.78, 5) is 65.1. The summed E-state index contributed by atoms with van der Waals surface area (Å²) >= 11 is 1.41. The zero-order chi connectivity index (χ0) is 32.9. The van der Waals surface area contributed by atoms with Gasteiger partial charge in [0, 0.05) is 24.8 Å². The topological polar surface area (TPSA) is 179 Å². The summed E-state index contributed by atoms with van der Waals surface area (Å²) in [6.45, 7) is 4.67. The number of carboxylic acid groups (broad SMARTS) is 2. The summed E-state index contributed by atoms with van der Waals surface area (Å²) in [5.74, 6) is -3.38. The van der Waals surface area contributed by atoms with E-state index in [1.165, 1.54) is 11.8 Å². The van der Waals surface area contributed by atoms with Gasteiger partial charge < -0.3 is 31.5 Å². The third-order valence-corrected chi connectivity index (χ3v) is 9.02. The Morgan fingerprint density at radius 3 is 2.02 bits per heavy atom. The van der Waals surface area contributed by atoms with E-state index in [2.05, 4.69) is 10.6 Å². The van der Waals surface area contributed by atoms with Gasteiger partial charge in [-0.25, -0.2) is 4.79 Å². The third-order valence-electron chi connectivity index (χ3n) is 7.66. The molecule has 1 aliphatic heterocycles. The molecule has 3 rings (SSSR count). The molecule has 0 radical (unpaired) electrons. The molecule has 2 aromatic carbocycles. The maximum atomic E-state index is 13.9. The molecule has 1 fully saturated rings. The van der Waals surface area contributed by atoms with Crippen molar-refractivity contribution in [1.82, 2.24) is 15.5 Å². The minimum absolute atomic E-state index is 0.0686. The number of aliphatic carboxylic acids is 2. The second-order valence-electron chi connectivity index (χ2n) is 11.8. The van der Waals surface area contributed by atoms with Crippen LogP contribution in [0, 0.1) is 5.92 Å². The molecule has 0 bridgehead atoms. The summed E-state index contributed by atoms with van der Waals surface area (Å²) in [7, 11) is 0. The van der Waals surface area contributed by atoms with Gasteiger partial charge in [0.2, 0.25) is 17.7 Å². The van der Waals surface area contributed by atoms with Gasteiger partial charge in [0.15, 0.2) is 0 Å². The van der Waals surface area contributed by atoms with Crippen molar-refractivity contribution in [3.63, 3.8) is 0 Å². The minimum atomic E-state index is -1.66. The number of hydrogen-bond acceptors (Lipinski definition) is 7. The number of likely N-dealkylation sites (tertiary alicyclic amines) is 1. The first kappa shape index (κ1) is 35.6. The van der Waals surface area contributed by atoms with Crippen molar-refractivity contribution in [3.8, 4) is 0 Å². The fourth-order valence-electron chi connectivity index (χ4n) is 5.37. The molecule has 1 saturated heterocycles. The van der Waals surface area contributed by atoms with Gasteiger partial charge in [-0.05, 0) is 42.7 Å². The predicted octanol–water partition coefficient (Wildman–Crippen LogP) is 2.47. The lowest BCUT2D eigenvalue weighted by Crippen LogP contribution is -2.54. The predicted molar refractivity (Wildman–Crippen MR) is 172 cm³/mol. The molecule has 5 atom stereocenters. The van der Waals surface area contributed by atoms with Crippen molar-refractivity contribution in [3.05, 3.63) is 71.8 Å². The molecular weight excluding hydrogens is 596 g/mol. The molecule has 11 nitrogen and oxygen atoms in total. The van der Waals surface area contributed by atoms with E-state index in [0.717, 1.165) is 24.0 Å². The number of nitrogens with two attached hydrogens (primary N) is 1. The molecule has 244 valence electrons. The van der Waals surface area contributed by atoms with Gasteiger partial charge in [0.1, 0.15) is 12.1 Å². The van der Waals surface area contributed by atoms with Crippen LogP contribution in [0.15, 0.2) is 60.7 Å². The van der Waals surface area contributed by atoms with Crippen molar-refractivity contribution in [2.75, 3.05) is 12.3 Å². The minimum Gasteiger partial charge on any atom is -0.481 e. The zero-order valence-electron chi connectivity index (χ0n) is 25.8. The smallest absolute Gasteiger partial charge is 0.326 e. The first-order chi connectivity index (χ1) is 21.4. The lowest BCUT2D eigenvalue weighted by molar-refractivity contribution is -0.147. The van der Waals surface area contributed by atoms with Crippen molar-refractivity contribution >= 4 is 41.4 Å². The highest BCUT2D eigenvalue weighted by Crippen LogP contribution is 2.26. The van der Waals surface area contributed by atoms with Crippen molar-refractivity contribution in [2.45, 2.75) is 81.8 Å². The summed E-state index contributed by atoms with van der Waals surface area (Å²) < 4.78 is 0. The first-order valence-electron chi connectivity index (χ1n) is 15.3. The van der Waals surface area contributed by atoms with Gasteiger partial charge in [-0.3, -0.25) is 19.2 Å². The molecule has 2 aromatic rings. The molecule has 1 aliphatic rings. The van der Waals surface area contributed by atoms with Crippen LogP contribution in [0.3, 0.4) is 0 Å². The van der Waals surface area contributed by atoms with E-state index < -0.39 is 53.5 Å². The maximum absolute atomic E-state index is 13.9. The highest BCUT2D eigenvalue weighted by atomic mass is 32.2. The Hall–Kier alpha value is -3.90. The van der Waals surface area contributed by atoms with E-state index in [1.54, 1.807) is 24.3 Å². The highest BCUT2D eigenvalue weighted by molar-refractivity contribution is 8.00. The quantitative estimate of drug-likeness (QED) is 0.174. The number of nitrogens with one attached hydrogen (secondary N) is 2. The molecule has 0 aliphatic carbocycles. The molecule has 12 heteroatoms. The number of carbonyl (C=O) groups excluding carboxylic acids is 3. The summed E-state index contributed by atoms with van der Waals surface area (Å²) in [6.07, 6.45) is 1.86. The average Bonchev–Trinajstić information content (AvgIpc) is 3.47. The van der Waals surface area contributed by atoms with E-state index in [9.17, 15) is 29.1 Å². The standard InChI is InChI=1S/C33H44N4O7S/c1-21(2)16-25(34)32(42)37-15-9-14-24(37)20-45-28(18-23-12-7-4-8-13-23)31(41)35-26(17-22-10-5-3-6-11-22)30(40)36-27(33(43)44)19-29(38)39/h3-8,10-13,21,24-28H,9,14-20,34H2,1-2H3,(H,35,41)(H,36,40)(H,38,39)(H,43,44)/t24-,25+,26-,27+,28-/m0/s1. The Bertz CT molecular complexity index is 1290. The van der Waals surface area contributed by atoms with Gasteiger partial charge in [-0.15, -0.1) is 11.8 Å². The van der Waals surface area contributed by atoms with Crippen LogP contribution in [0.5, 0.6) is 0 Å². The van der Waals surface area contributed by atoms with E-state index in [1.807, 2.05) is 55.1 Å². The van der Waals surface area contributed by atoms with E-state index in [0.29, 0.717) is 25.1 Å². The van der Waals surface area contributed by atoms with Gasteiger partial charge >= 0.3 is 11.9 Å². The molecule has 6 N–H and O–H groups in total. The number of amides is 3. The van der Waals surface area contributed by atoms with Crippen LogP contribution >= 0.6 is 11.8 Å². The van der Waals surface area contributed by atoms with Crippen LogP contribution in [0.4, 0.5) is 0 Å². The van der Waals surface area contributed by atoms with E-state index in [-0.39, 0.29) is 24.3 Å². The van der Waals surface area contributed by atoms with Gasteiger partial charge in [0.05, 0.1) is 17.7 Å². The maximum Gasteiger partial charge on any atom is 0.326 e. The molecular formula is C33H44N4O7S. The number of nitrogens with zero attached hydrogens (tertiary/aromatic N) is 1. The van der Waals surface area contributed by atoms with Gasteiger partial charge in [-0.1, -0.05) is 74.5 Å². The average molecular weight is 641 g/mol. The molecule has 1 heterocycles. The molecule has 45 heavy (non-hydrogen) atoms. The van der Waals surface area contributed by atoms with Crippen LogP contribution in [0.25, 0.3) is 0 Å². The van der Waals surface area contributed by atoms with Crippen LogP contribution in [-0.4, -0.2) is 86.5 Å². The van der Waals surface area contributed by atoms with Crippen molar-refractivity contribution in [1.29, 1.82) is 0 Å². The first-order valence-corrected chi connectivity index (χ1v) is 16.3. The van der Waals surface area contributed by atoms with Gasteiger partial charge in [-0.2, -0.15) is 0 Å². The number of carbonyl (C=O) groups is 5. The fourth-order valence-corrected chi connectivity index (χ4v) is 6.71. The third kappa shape index (κ3) is 11.5. The summed E-state index contributed by atoms with van der Waals surface area (Å²) in [5.41, 5.74) is 7.87. The Kier molecular flexibility index (Phi) is 13.9. The normalized spacial score (nSPS) is 17.2. The second-order valence-corrected chi connectivity index (χ2v) is 13.1. The highest BCUT2D eigenvalue weighted by Gasteiger charge is 2.34. The van der Waals surface area contributed by atoms with Crippen molar-refractivity contribution < 1.29 is 34.2 Å². The van der Waals surface area contributed by atoms with E-state index in [4.69, 9.17) is 10.8 Å². The van der Waals surface area contributed by atoms with Crippen LogP contribution in [0.1, 0.15) is 50.7 Å². The number of thioether (sulfide) groups is 1. The van der Waals surface area contributed by atoms with Crippen LogP contribution < -0.4 is 16.4 Å². The number of carboxylic acids is 2. The van der Waals surface area contributed by atoms with Crippen LogP contribution in [-0.2, 0) is 36.8 Å². The fraction of sp³-hybridized carbons (Fsp3) is 0.485. The largest absolute Gasteiger partial charge is 0.481 e. The molecule has 0 unspecified atom stereocenters. The lowest BCUT2D eigenvalue weighted by atomic mass is 10.0. The number of hydrogen-bond donors (Lipinski definition) is 5. The Morgan fingerprint density at radius 1 is 0.889 bits per heavy atom. The van der Waals surface area contributed by atoms with Crippen molar-refractivity contribution in [2.24, 2.45) is 11.7 Å². The number of benzene rings is 2. The molecule has 0 spiro atoms. The van der Waals surface area contributed by atoms with Crippen LogP contribution in [0.2, 0.25) is 0 Å².